The summed E-state index contributed by atoms with van der Waals surface area (Å²) in [6, 6.07) is 11.8. The molecule has 5 nitrogen and oxygen atoms in total. The van der Waals surface area contributed by atoms with Gasteiger partial charge >= 0.3 is 6.09 Å². The summed E-state index contributed by atoms with van der Waals surface area (Å²) in [4.78, 5) is 21.3. The van der Waals surface area contributed by atoms with Crippen LogP contribution in [0.5, 0.6) is 0 Å². The van der Waals surface area contributed by atoms with Crippen LogP contribution in [0, 0.1) is 11.8 Å². The van der Waals surface area contributed by atoms with Gasteiger partial charge in [0.25, 0.3) is 0 Å². The average Bonchev–Trinajstić information content (AvgIpc) is 3.39. The molecule has 2 saturated heterocycles. The Balaban J connectivity index is 1.12. The molecule has 0 unspecified atom stereocenters. The lowest BCUT2D eigenvalue weighted by Gasteiger charge is -2.21. The number of carbonyl (C=O) groups is 1. The molecule has 0 spiro atoms. The van der Waals surface area contributed by atoms with Gasteiger partial charge in [0.05, 0.1) is 5.69 Å². The molecule has 30 heavy (non-hydrogen) atoms. The van der Waals surface area contributed by atoms with E-state index in [9.17, 15) is 4.79 Å². The fourth-order valence-corrected chi connectivity index (χ4v) is 5.37. The van der Waals surface area contributed by atoms with E-state index in [-0.39, 0.29) is 12.7 Å². The van der Waals surface area contributed by atoms with E-state index in [2.05, 4.69) is 28.1 Å². The van der Waals surface area contributed by atoms with E-state index in [4.69, 9.17) is 27.9 Å². The summed E-state index contributed by atoms with van der Waals surface area (Å²) < 4.78 is 5.50. The maximum atomic E-state index is 12.5. The maximum Gasteiger partial charge on any atom is 0.410 e. The smallest absolute Gasteiger partial charge is 0.410 e. The second kappa shape index (κ2) is 8.22. The lowest BCUT2D eigenvalue weighted by atomic mass is 10.0. The molecule has 2 fully saturated rings. The zero-order chi connectivity index (χ0) is 20.7. The summed E-state index contributed by atoms with van der Waals surface area (Å²) in [7, 11) is 0. The third-order valence-corrected chi connectivity index (χ3v) is 6.64. The number of halogens is 2. The Bertz CT molecular complexity index is 976. The van der Waals surface area contributed by atoms with Crippen molar-refractivity contribution < 1.29 is 9.53 Å². The molecule has 0 saturated carbocycles. The van der Waals surface area contributed by atoms with Gasteiger partial charge < -0.3 is 9.64 Å². The number of aliphatic imine (C=N–C) groups is 1. The highest BCUT2D eigenvalue weighted by Gasteiger charge is 2.42. The van der Waals surface area contributed by atoms with Crippen molar-refractivity contribution in [3.63, 3.8) is 0 Å². The van der Waals surface area contributed by atoms with Crippen LogP contribution in [0.3, 0.4) is 0 Å². The van der Waals surface area contributed by atoms with Gasteiger partial charge in [-0.25, -0.2) is 4.79 Å². The van der Waals surface area contributed by atoms with Crippen molar-refractivity contribution in [2.75, 3.05) is 26.2 Å². The number of likely N-dealkylation sites (tertiary alicyclic amines) is 2. The summed E-state index contributed by atoms with van der Waals surface area (Å²) in [6.45, 7) is 4.65. The number of carbonyl (C=O) groups excluding carboxylic acids is 1. The molecule has 1 amide bonds. The molecule has 3 aliphatic rings. The van der Waals surface area contributed by atoms with E-state index in [1.807, 2.05) is 11.1 Å². The molecule has 0 radical (unpaired) electrons. The largest absolute Gasteiger partial charge is 0.445 e. The molecule has 156 valence electrons. The van der Waals surface area contributed by atoms with E-state index in [0.29, 0.717) is 21.9 Å². The third-order valence-electron chi connectivity index (χ3n) is 6.20. The lowest BCUT2D eigenvalue weighted by molar-refractivity contribution is 0.0997. The minimum absolute atomic E-state index is 0.178. The normalized spacial score (nSPS) is 22.4. The SMILES string of the molecule is O=C(OCc1cc(Cl)cc(Cl)c1)N1C[C@H]2CN(Cc3ccc4c(c3)N=CC4)C[C@H]2C1. The van der Waals surface area contributed by atoms with E-state index < -0.39 is 0 Å². The van der Waals surface area contributed by atoms with Gasteiger partial charge in [0, 0.05) is 55.4 Å². The first-order valence-electron chi connectivity index (χ1n) is 10.3. The molecule has 2 atom stereocenters. The van der Waals surface area contributed by atoms with Crippen LogP contribution in [0.15, 0.2) is 41.4 Å². The number of fused-ring (bicyclic) bond motifs is 2. The Morgan fingerprint density at radius 1 is 1.00 bits per heavy atom. The van der Waals surface area contributed by atoms with Gasteiger partial charge in [0.15, 0.2) is 0 Å². The molecule has 7 heteroatoms. The molecule has 0 aromatic heterocycles. The molecule has 2 aromatic rings. The quantitative estimate of drug-likeness (QED) is 0.670. The predicted octanol–water partition coefficient (Wildman–Crippen LogP) is 4.95. The topological polar surface area (TPSA) is 45.1 Å². The second-order valence-electron chi connectivity index (χ2n) is 8.43. The van der Waals surface area contributed by atoms with Crippen LogP contribution in [0.4, 0.5) is 10.5 Å². The van der Waals surface area contributed by atoms with Gasteiger partial charge in [-0.05, 0) is 52.8 Å². The minimum Gasteiger partial charge on any atom is -0.445 e. The highest BCUT2D eigenvalue weighted by atomic mass is 35.5. The fraction of sp³-hybridized carbons (Fsp3) is 0.391. The van der Waals surface area contributed by atoms with Gasteiger partial charge in [0.2, 0.25) is 0 Å². The first-order chi connectivity index (χ1) is 14.5. The first-order valence-corrected chi connectivity index (χ1v) is 11.0. The summed E-state index contributed by atoms with van der Waals surface area (Å²) >= 11 is 12.0. The third kappa shape index (κ3) is 4.20. The van der Waals surface area contributed by atoms with E-state index >= 15 is 0 Å². The van der Waals surface area contributed by atoms with Crippen molar-refractivity contribution in [2.45, 2.75) is 19.6 Å². The molecular weight excluding hydrogens is 421 g/mol. The monoisotopic (exact) mass is 443 g/mol. The molecule has 5 rings (SSSR count). The molecule has 3 heterocycles. The fourth-order valence-electron chi connectivity index (χ4n) is 4.80. The van der Waals surface area contributed by atoms with Crippen LogP contribution in [-0.2, 0) is 24.3 Å². The molecule has 0 bridgehead atoms. The lowest BCUT2D eigenvalue weighted by Crippen LogP contribution is -2.33. The number of rotatable bonds is 4. The van der Waals surface area contributed by atoms with Crippen LogP contribution in [-0.4, -0.2) is 48.3 Å². The van der Waals surface area contributed by atoms with Crippen molar-refractivity contribution in [1.29, 1.82) is 0 Å². The number of amides is 1. The summed E-state index contributed by atoms with van der Waals surface area (Å²) in [6.07, 6.45) is 2.66. The Morgan fingerprint density at radius 2 is 1.73 bits per heavy atom. The van der Waals surface area contributed by atoms with Crippen molar-refractivity contribution in [3.8, 4) is 0 Å². The van der Waals surface area contributed by atoms with E-state index in [0.717, 1.165) is 50.4 Å². The van der Waals surface area contributed by atoms with Gasteiger partial charge in [-0.15, -0.1) is 0 Å². The number of benzene rings is 2. The molecule has 0 N–H and O–H groups in total. The van der Waals surface area contributed by atoms with Gasteiger partial charge in [-0.3, -0.25) is 9.89 Å². The Labute approximate surface area is 186 Å². The van der Waals surface area contributed by atoms with Crippen molar-refractivity contribution in [2.24, 2.45) is 16.8 Å². The first kappa shape index (κ1) is 19.9. The van der Waals surface area contributed by atoms with Gasteiger partial charge in [-0.1, -0.05) is 35.3 Å². The zero-order valence-electron chi connectivity index (χ0n) is 16.6. The zero-order valence-corrected chi connectivity index (χ0v) is 18.1. The van der Waals surface area contributed by atoms with Crippen LogP contribution in [0.1, 0.15) is 16.7 Å². The van der Waals surface area contributed by atoms with Crippen molar-refractivity contribution >= 4 is 41.2 Å². The van der Waals surface area contributed by atoms with Gasteiger partial charge in [-0.2, -0.15) is 0 Å². The number of hydrogen-bond acceptors (Lipinski definition) is 4. The Kier molecular flexibility index (Phi) is 5.44. The number of hydrogen-bond donors (Lipinski definition) is 0. The van der Waals surface area contributed by atoms with Crippen molar-refractivity contribution in [3.05, 3.63) is 63.1 Å². The summed E-state index contributed by atoms with van der Waals surface area (Å²) in [5, 5.41) is 1.08. The second-order valence-corrected chi connectivity index (χ2v) is 9.30. The number of ether oxygens (including phenoxy) is 1. The van der Waals surface area contributed by atoms with Crippen LogP contribution >= 0.6 is 23.2 Å². The van der Waals surface area contributed by atoms with Gasteiger partial charge in [0.1, 0.15) is 6.61 Å². The van der Waals surface area contributed by atoms with E-state index in [1.165, 1.54) is 11.1 Å². The highest BCUT2D eigenvalue weighted by Crippen LogP contribution is 2.33. The molecule has 0 aliphatic carbocycles. The molecule has 3 aliphatic heterocycles. The average molecular weight is 444 g/mol. The van der Waals surface area contributed by atoms with Crippen LogP contribution in [0.25, 0.3) is 0 Å². The summed E-state index contributed by atoms with van der Waals surface area (Å²) in [5.41, 5.74) is 4.53. The molecular formula is C23H23Cl2N3O2. The van der Waals surface area contributed by atoms with E-state index in [1.54, 1.807) is 18.2 Å². The minimum atomic E-state index is -0.261. The molecule has 2 aromatic carbocycles. The standard InChI is InChI=1S/C23H23Cl2N3O2/c24-20-5-16(6-21(25)8-20)14-30-23(29)28-12-18-10-27(11-19(18)13-28)9-15-1-2-17-3-4-26-22(17)7-15/h1-2,4-8,18-19H,3,9-14H2/t18-,19+. The van der Waals surface area contributed by atoms with Crippen LogP contribution < -0.4 is 0 Å². The maximum absolute atomic E-state index is 12.5. The highest BCUT2D eigenvalue weighted by molar-refractivity contribution is 6.34. The Hall–Kier alpha value is -2.08. The summed E-state index contributed by atoms with van der Waals surface area (Å²) in [5.74, 6) is 1.01. The van der Waals surface area contributed by atoms with Crippen LogP contribution in [0.2, 0.25) is 10.0 Å². The predicted molar refractivity (Wildman–Crippen MR) is 119 cm³/mol. The Morgan fingerprint density at radius 3 is 2.47 bits per heavy atom. The van der Waals surface area contributed by atoms with Crippen molar-refractivity contribution in [1.82, 2.24) is 9.80 Å². The number of nitrogens with zero attached hydrogens (tertiary/aromatic N) is 3.